The Hall–Kier alpha value is -0.450. The number of rotatable bonds is 5. The molecule has 0 aliphatic heterocycles. The SMILES string of the molecule is CCOC1CC(NCc2scnc2C)C1. The third-order valence-corrected chi connectivity index (χ3v) is 3.83. The van der Waals surface area contributed by atoms with E-state index < -0.39 is 0 Å². The number of thiazole rings is 1. The van der Waals surface area contributed by atoms with Crippen LogP contribution in [0.5, 0.6) is 0 Å². The van der Waals surface area contributed by atoms with Gasteiger partial charge in [-0.1, -0.05) is 0 Å². The largest absolute Gasteiger partial charge is 0.378 e. The van der Waals surface area contributed by atoms with E-state index in [1.807, 2.05) is 5.51 Å². The minimum atomic E-state index is 0.495. The Balaban J connectivity index is 1.66. The van der Waals surface area contributed by atoms with Gasteiger partial charge in [-0.3, -0.25) is 0 Å². The van der Waals surface area contributed by atoms with E-state index in [1.165, 1.54) is 4.88 Å². The van der Waals surface area contributed by atoms with Crippen LogP contribution in [-0.2, 0) is 11.3 Å². The molecule has 0 atom stereocenters. The molecular formula is C11H18N2OS. The second kappa shape index (κ2) is 5.05. The van der Waals surface area contributed by atoms with E-state index in [0.29, 0.717) is 12.1 Å². The van der Waals surface area contributed by atoms with Gasteiger partial charge in [0.2, 0.25) is 0 Å². The molecule has 1 aromatic rings. The Bertz CT molecular complexity index is 307. The van der Waals surface area contributed by atoms with Gasteiger partial charge >= 0.3 is 0 Å². The van der Waals surface area contributed by atoms with Crippen molar-refractivity contribution in [3.05, 3.63) is 16.1 Å². The predicted octanol–water partition coefficient (Wildman–Crippen LogP) is 2.11. The summed E-state index contributed by atoms with van der Waals surface area (Å²) in [7, 11) is 0. The highest BCUT2D eigenvalue weighted by Gasteiger charge is 2.28. The third-order valence-electron chi connectivity index (χ3n) is 2.89. The van der Waals surface area contributed by atoms with Gasteiger partial charge in [-0.25, -0.2) is 4.98 Å². The van der Waals surface area contributed by atoms with E-state index in [1.54, 1.807) is 11.3 Å². The maximum Gasteiger partial charge on any atom is 0.0798 e. The van der Waals surface area contributed by atoms with Gasteiger partial charge in [0.25, 0.3) is 0 Å². The molecular weight excluding hydrogens is 208 g/mol. The molecule has 84 valence electrons. The van der Waals surface area contributed by atoms with Crippen LogP contribution in [0.15, 0.2) is 5.51 Å². The molecule has 1 heterocycles. The van der Waals surface area contributed by atoms with Crippen molar-refractivity contribution >= 4 is 11.3 Å². The highest BCUT2D eigenvalue weighted by molar-refractivity contribution is 7.09. The van der Waals surface area contributed by atoms with E-state index in [2.05, 4.69) is 24.1 Å². The van der Waals surface area contributed by atoms with Gasteiger partial charge in [-0.05, 0) is 26.7 Å². The van der Waals surface area contributed by atoms with Crippen LogP contribution < -0.4 is 5.32 Å². The Morgan fingerprint density at radius 3 is 3.00 bits per heavy atom. The Morgan fingerprint density at radius 1 is 1.60 bits per heavy atom. The fourth-order valence-electron chi connectivity index (χ4n) is 1.84. The molecule has 1 saturated carbocycles. The summed E-state index contributed by atoms with van der Waals surface area (Å²) >= 11 is 1.73. The molecule has 0 amide bonds. The first-order valence-corrected chi connectivity index (χ1v) is 6.41. The van der Waals surface area contributed by atoms with Crippen molar-refractivity contribution in [2.45, 2.75) is 45.4 Å². The zero-order chi connectivity index (χ0) is 10.7. The van der Waals surface area contributed by atoms with Gasteiger partial charge in [-0.15, -0.1) is 11.3 Å². The lowest BCUT2D eigenvalue weighted by Crippen LogP contribution is -2.45. The molecule has 1 aromatic heterocycles. The quantitative estimate of drug-likeness (QED) is 0.835. The van der Waals surface area contributed by atoms with Gasteiger partial charge < -0.3 is 10.1 Å². The van der Waals surface area contributed by atoms with Gasteiger partial charge in [-0.2, -0.15) is 0 Å². The maximum absolute atomic E-state index is 5.52. The molecule has 1 aliphatic rings. The smallest absolute Gasteiger partial charge is 0.0798 e. The molecule has 1 fully saturated rings. The third kappa shape index (κ3) is 2.77. The van der Waals surface area contributed by atoms with E-state index >= 15 is 0 Å². The van der Waals surface area contributed by atoms with Crippen molar-refractivity contribution in [2.75, 3.05) is 6.61 Å². The van der Waals surface area contributed by atoms with Crippen molar-refractivity contribution in [2.24, 2.45) is 0 Å². The van der Waals surface area contributed by atoms with Gasteiger partial charge in [0.05, 0.1) is 17.3 Å². The first-order valence-electron chi connectivity index (χ1n) is 5.53. The van der Waals surface area contributed by atoms with E-state index in [-0.39, 0.29) is 0 Å². The molecule has 1 N–H and O–H groups in total. The van der Waals surface area contributed by atoms with Crippen molar-refractivity contribution in [1.82, 2.24) is 10.3 Å². The van der Waals surface area contributed by atoms with Crippen molar-refractivity contribution < 1.29 is 4.74 Å². The number of aryl methyl sites for hydroxylation is 1. The normalized spacial score (nSPS) is 25.2. The van der Waals surface area contributed by atoms with Crippen LogP contribution in [0.2, 0.25) is 0 Å². The molecule has 0 spiro atoms. The first kappa shape index (κ1) is 11.0. The lowest BCUT2D eigenvalue weighted by Gasteiger charge is -2.35. The summed E-state index contributed by atoms with van der Waals surface area (Å²) in [6.45, 7) is 5.92. The van der Waals surface area contributed by atoms with Crippen LogP contribution >= 0.6 is 11.3 Å². The van der Waals surface area contributed by atoms with Gasteiger partial charge in [0, 0.05) is 24.1 Å². The number of nitrogens with zero attached hydrogens (tertiary/aromatic N) is 1. The van der Waals surface area contributed by atoms with Gasteiger partial charge in [0.15, 0.2) is 0 Å². The van der Waals surface area contributed by atoms with Gasteiger partial charge in [0.1, 0.15) is 0 Å². The minimum absolute atomic E-state index is 0.495. The Morgan fingerprint density at radius 2 is 2.40 bits per heavy atom. The summed E-state index contributed by atoms with van der Waals surface area (Å²) in [4.78, 5) is 5.59. The average molecular weight is 226 g/mol. The minimum Gasteiger partial charge on any atom is -0.378 e. The summed E-state index contributed by atoms with van der Waals surface area (Å²) in [5, 5.41) is 3.54. The zero-order valence-corrected chi connectivity index (χ0v) is 10.1. The molecule has 0 unspecified atom stereocenters. The van der Waals surface area contributed by atoms with Crippen LogP contribution in [0.3, 0.4) is 0 Å². The fraction of sp³-hybridized carbons (Fsp3) is 0.727. The molecule has 3 nitrogen and oxygen atoms in total. The summed E-state index contributed by atoms with van der Waals surface area (Å²) in [6.07, 6.45) is 2.81. The summed E-state index contributed by atoms with van der Waals surface area (Å²) in [5.74, 6) is 0. The fourth-order valence-corrected chi connectivity index (χ4v) is 2.57. The van der Waals surface area contributed by atoms with E-state index in [9.17, 15) is 0 Å². The van der Waals surface area contributed by atoms with Crippen LogP contribution in [0.1, 0.15) is 30.3 Å². The monoisotopic (exact) mass is 226 g/mol. The van der Waals surface area contributed by atoms with E-state index in [0.717, 1.165) is 31.7 Å². The number of hydrogen-bond acceptors (Lipinski definition) is 4. The topological polar surface area (TPSA) is 34.1 Å². The lowest BCUT2D eigenvalue weighted by molar-refractivity contribution is -0.0101. The predicted molar refractivity (Wildman–Crippen MR) is 62.1 cm³/mol. The van der Waals surface area contributed by atoms with Crippen molar-refractivity contribution in [3.63, 3.8) is 0 Å². The second-order valence-corrected chi connectivity index (χ2v) is 4.93. The van der Waals surface area contributed by atoms with Crippen LogP contribution in [0, 0.1) is 6.92 Å². The van der Waals surface area contributed by atoms with Crippen LogP contribution in [-0.4, -0.2) is 23.7 Å². The zero-order valence-electron chi connectivity index (χ0n) is 9.32. The molecule has 0 bridgehead atoms. The number of ether oxygens (including phenoxy) is 1. The number of hydrogen-bond donors (Lipinski definition) is 1. The molecule has 15 heavy (non-hydrogen) atoms. The van der Waals surface area contributed by atoms with E-state index in [4.69, 9.17) is 4.74 Å². The highest BCUT2D eigenvalue weighted by Crippen LogP contribution is 2.24. The number of nitrogens with one attached hydrogen (secondary N) is 1. The Labute approximate surface area is 94.9 Å². The molecule has 0 radical (unpaired) electrons. The van der Waals surface area contributed by atoms with Crippen molar-refractivity contribution in [3.8, 4) is 0 Å². The molecule has 1 aliphatic carbocycles. The van der Waals surface area contributed by atoms with Crippen LogP contribution in [0.4, 0.5) is 0 Å². The highest BCUT2D eigenvalue weighted by atomic mass is 32.1. The second-order valence-electron chi connectivity index (χ2n) is 3.99. The molecule has 0 saturated heterocycles. The first-order chi connectivity index (χ1) is 7.29. The standard InChI is InChI=1S/C11H18N2OS/c1-3-14-10-4-9(5-10)12-6-11-8(2)13-7-15-11/h7,9-10,12H,3-6H2,1-2H3. The molecule has 4 heteroatoms. The molecule has 2 rings (SSSR count). The average Bonchev–Trinajstić information content (AvgIpc) is 2.55. The maximum atomic E-state index is 5.52. The molecule has 0 aromatic carbocycles. The summed E-state index contributed by atoms with van der Waals surface area (Å²) < 4.78 is 5.52. The van der Waals surface area contributed by atoms with Crippen LogP contribution in [0.25, 0.3) is 0 Å². The Kier molecular flexibility index (Phi) is 3.72. The summed E-state index contributed by atoms with van der Waals surface area (Å²) in [5.41, 5.74) is 3.07. The summed E-state index contributed by atoms with van der Waals surface area (Å²) in [6, 6.07) is 0.642. The van der Waals surface area contributed by atoms with Crippen molar-refractivity contribution in [1.29, 1.82) is 0 Å². The number of aromatic nitrogens is 1. The lowest BCUT2D eigenvalue weighted by atomic mass is 9.89.